The maximum atomic E-state index is 12.3. The van der Waals surface area contributed by atoms with Crippen LogP contribution in [0.3, 0.4) is 0 Å². The number of nitrogens with one attached hydrogen (secondary N) is 1. The Balaban J connectivity index is 2.42. The van der Waals surface area contributed by atoms with Crippen molar-refractivity contribution in [2.24, 2.45) is 0 Å². The summed E-state index contributed by atoms with van der Waals surface area (Å²) in [6.45, 7) is -1.31. The van der Waals surface area contributed by atoms with Crippen molar-refractivity contribution < 1.29 is 18.0 Å². The molecule has 0 amide bonds. The summed E-state index contributed by atoms with van der Waals surface area (Å²) < 4.78 is 36.8. The highest BCUT2D eigenvalue weighted by Crippen LogP contribution is 2.31. The number of ketones is 1. The van der Waals surface area contributed by atoms with E-state index in [0.29, 0.717) is 4.90 Å². The van der Waals surface area contributed by atoms with Crippen LogP contribution in [-0.2, 0) is 0 Å². The standard InChI is InChI=1S/C10H7F3N2O/c11-10(12,13)5-15-7-4-2-1-3-6(7)8(16)9(15)14/h1-4,14H,5H2. The van der Waals surface area contributed by atoms with Crippen LogP contribution in [0.5, 0.6) is 0 Å². The second-order valence-electron chi connectivity index (χ2n) is 3.40. The van der Waals surface area contributed by atoms with E-state index in [2.05, 4.69) is 0 Å². The number of fused-ring (bicyclic) bond motifs is 1. The van der Waals surface area contributed by atoms with Gasteiger partial charge >= 0.3 is 6.18 Å². The van der Waals surface area contributed by atoms with Crippen molar-refractivity contribution in [2.75, 3.05) is 11.4 Å². The summed E-state index contributed by atoms with van der Waals surface area (Å²) in [5, 5.41) is 7.35. The molecule has 2 rings (SSSR count). The van der Waals surface area contributed by atoms with Gasteiger partial charge in [-0.3, -0.25) is 10.2 Å². The summed E-state index contributed by atoms with van der Waals surface area (Å²) in [5.41, 5.74) is 0.298. The number of Topliss-reactive ketones (excluding diaryl/α,β-unsaturated/α-hetero) is 1. The van der Waals surface area contributed by atoms with Gasteiger partial charge in [0.05, 0.1) is 5.69 Å². The van der Waals surface area contributed by atoms with E-state index < -0.39 is 24.3 Å². The molecule has 3 nitrogen and oxygen atoms in total. The number of alkyl halides is 3. The number of hydrogen-bond acceptors (Lipinski definition) is 2. The van der Waals surface area contributed by atoms with Crippen molar-refractivity contribution in [3.8, 4) is 0 Å². The summed E-state index contributed by atoms with van der Waals surface area (Å²) in [6, 6.07) is 5.91. The molecule has 1 aliphatic rings. The quantitative estimate of drug-likeness (QED) is 0.800. The van der Waals surface area contributed by atoms with E-state index >= 15 is 0 Å². The predicted molar refractivity (Wildman–Crippen MR) is 51.9 cm³/mol. The molecular formula is C10H7F3N2O. The Bertz CT molecular complexity index is 467. The topological polar surface area (TPSA) is 44.2 Å². The van der Waals surface area contributed by atoms with E-state index in [1.807, 2.05) is 0 Å². The molecule has 0 bridgehead atoms. The van der Waals surface area contributed by atoms with Gasteiger partial charge in [-0.1, -0.05) is 12.1 Å². The van der Waals surface area contributed by atoms with E-state index in [9.17, 15) is 18.0 Å². The van der Waals surface area contributed by atoms with Gasteiger partial charge in [-0.05, 0) is 12.1 Å². The lowest BCUT2D eigenvalue weighted by atomic mass is 10.1. The molecule has 1 aromatic rings. The number of hydrogen-bond donors (Lipinski definition) is 1. The molecule has 0 aromatic heterocycles. The zero-order valence-electron chi connectivity index (χ0n) is 8.01. The Hall–Kier alpha value is -1.85. The Labute approximate surface area is 89.0 Å². The summed E-state index contributed by atoms with van der Waals surface area (Å²) in [6.07, 6.45) is -4.44. The summed E-state index contributed by atoms with van der Waals surface area (Å²) in [4.78, 5) is 12.1. The van der Waals surface area contributed by atoms with Gasteiger partial charge in [-0.15, -0.1) is 0 Å². The fraction of sp³-hybridized carbons (Fsp3) is 0.200. The fourth-order valence-corrected chi connectivity index (χ4v) is 1.62. The van der Waals surface area contributed by atoms with Gasteiger partial charge in [0.15, 0.2) is 5.84 Å². The Morgan fingerprint density at radius 3 is 2.50 bits per heavy atom. The molecule has 0 saturated heterocycles. The number of nitrogens with zero attached hydrogens (tertiary/aromatic N) is 1. The minimum Gasteiger partial charge on any atom is -0.314 e. The van der Waals surface area contributed by atoms with Crippen molar-refractivity contribution >= 4 is 17.3 Å². The number of benzene rings is 1. The van der Waals surface area contributed by atoms with Crippen LogP contribution in [0.1, 0.15) is 10.4 Å². The highest BCUT2D eigenvalue weighted by molar-refractivity contribution is 6.53. The number of halogens is 3. The molecule has 0 spiro atoms. The molecule has 0 unspecified atom stereocenters. The van der Waals surface area contributed by atoms with Crippen LogP contribution in [0.2, 0.25) is 0 Å². The zero-order valence-corrected chi connectivity index (χ0v) is 8.01. The molecular weight excluding hydrogens is 221 g/mol. The predicted octanol–water partition coefficient (Wildman–Crippen LogP) is 2.23. The average Bonchev–Trinajstić information content (AvgIpc) is 2.43. The van der Waals surface area contributed by atoms with Crippen molar-refractivity contribution in [3.63, 3.8) is 0 Å². The van der Waals surface area contributed by atoms with Gasteiger partial charge in [0.25, 0.3) is 0 Å². The first kappa shape index (κ1) is 10.7. The van der Waals surface area contributed by atoms with Gasteiger partial charge in [0.2, 0.25) is 5.78 Å². The summed E-state index contributed by atoms with van der Waals surface area (Å²) in [5.74, 6) is -1.29. The van der Waals surface area contributed by atoms with Crippen LogP contribution in [0, 0.1) is 5.41 Å². The fourth-order valence-electron chi connectivity index (χ4n) is 1.62. The molecule has 1 N–H and O–H groups in total. The molecule has 0 radical (unpaired) electrons. The average molecular weight is 228 g/mol. The highest BCUT2D eigenvalue weighted by Gasteiger charge is 2.39. The molecule has 0 saturated carbocycles. The van der Waals surface area contributed by atoms with Gasteiger partial charge in [-0.25, -0.2) is 0 Å². The largest absolute Gasteiger partial charge is 0.406 e. The minimum atomic E-state index is -4.44. The summed E-state index contributed by atoms with van der Waals surface area (Å²) >= 11 is 0. The normalized spacial score (nSPS) is 15.6. The smallest absolute Gasteiger partial charge is 0.314 e. The van der Waals surface area contributed by atoms with E-state index in [4.69, 9.17) is 5.41 Å². The van der Waals surface area contributed by atoms with Gasteiger partial charge in [-0.2, -0.15) is 13.2 Å². The Kier molecular flexibility index (Phi) is 2.22. The Morgan fingerprint density at radius 1 is 1.25 bits per heavy atom. The molecule has 0 aliphatic carbocycles. The van der Waals surface area contributed by atoms with Crippen LogP contribution >= 0.6 is 0 Å². The summed E-state index contributed by atoms with van der Waals surface area (Å²) in [7, 11) is 0. The van der Waals surface area contributed by atoms with Crippen LogP contribution in [0.25, 0.3) is 0 Å². The van der Waals surface area contributed by atoms with Gasteiger partial charge < -0.3 is 4.90 Å². The lowest BCUT2D eigenvalue weighted by molar-refractivity contribution is -0.117. The first-order chi connectivity index (χ1) is 7.40. The molecule has 1 heterocycles. The molecule has 1 aliphatic heterocycles. The lowest BCUT2D eigenvalue weighted by Crippen LogP contribution is -2.37. The molecule has 16 heavy (non-hydrogen) atoms. The van der Waals surface area contributed by atoms with E-state index in [0.717, 1.165) is 0 Å². The van der Waals surface area contributed by atoms with E-state index in [-0.39, 0.29) is 11.3 Å². The molecule has 6 heteroatoms. The first-order valence-electron chi connectivity index (χ1n) is 4.47. The highest BCUT2D eigenvalue weighted by atomic mass is 19.4. The second-order valence-corrected chi connectivity index (χ2v) is 3.40. The molecule has 0 atom stereocenters. The second kappa shape index (κ2) is 3.33. The lowest BCUT2D eigenvalue weighted by Gasteiger charge is -2.19. The number of carbonyl (C=O) groups excluding carboxylic acids is 1. The van der Waals surface area contributed by atoms with Crippen molar-refractivity contribution in [1.82, 2.24) is 0 Å². The SMILES string of the molecule is N=C1C(=O)c2ccccc2N1CC(F)(F)F. The van der Waals surface area contributed by atoms with Crippen molar-refractivity contribution in [2.45, 2.75) is 6.18 Å². The van der Waals surface area contributed by atoms with E-state index in [1.165, 1.54) is 18.2 Å². The number of carbonyl (C=O) groups is 1. The van der Waals surface area contributed by atoms with Crippen LogP contribution in [-0.4, -0.2) is 24.3 Å². The number of para-hydroxylation sites is 1. The zero-order chi connectivity index (χ0) is 11.9. The third kappa shape index (κ3) is 1.66. The molecule has 1 aromatic carbocycles. The monoisotopic (exact) mass is 228 g/mol. The number of anilines is 1. The minimum absolute atomic E-state index is 0.148. The first-order valence-corrected chi connectivity index (χ1v) is 4.47. The van der Waals surface area contributed by atoms with Crippen LogP contribution in [0.15, 0.2) is 24.3 Å². The number of amidine groups is 1. The van der Waals surface area contributed by atoms with Crippen molar-refractivity contribution in [1.29, 1.82) is 5.41 Å². The Morgan fingerprint density at radius 2 is 1.88 bits per heavy atom. The van der Waals surface area contributed by atoms with Crippen molar-refractivity contribution in [3.05, 3.63) is 29.8 Å². The third-order valence-corrected chi connectivity index (χ3v) is 2.26. The third-order valence-electron chi connectivity index (χ3n) is 2.26. The molecule has 0 fully saturated rings. The van der Waals surface area contributed by atoms with Gasteiger partial charge in [0.1, 0.15) is 6.54 Å². The maximum absolute atomic E-state index is 12.3. The number of rotatable bonds is 1. The van der Waals surface area contributed by atoms with Gasteiger partial charge in [0, 0.05) is 5.56 Å². The van der Waals surface area contributed by atoms with E-state index in [1.54, 1.807) is 6.07 Å². The maximum Gasteiger partial charge on any atom is 0.406 e. The molecule has 84 valence electrons. The van der Waals surface area contributed by atoms with Crippen LogP contribution < -0.4 is 4.90 Å². The van der Waals surface area contributed by atoms with Crippen LogP contribution in [0.4, 0.5) is 18.9 Å².